The summed E-state index contributed by atoms with van der Waals surface area (Å²) in [6, 6.07) is -0.253. The van der Waals surface area contributed by atoms with Gasteiger partial charge in [-0.3, -0.25) is 9.59 Å². The van der Waals surface area contributed by atoms with Crippen LogP contribution in [0.15, 0.2) is 0 Å². The Hall–Kier alpha value is -1.10. The molecule has 0 radical (unpaired) electrons. The van der Waals surface area contributed by atoms with Crippen LogP contribution in [0.4, 0.5) is 0 Å². The van der Waals surface area contributed by atoms with E-state index in [2.05, 4.69) is 5.32 Å². The molecule has 0 spiro atoms. The molecule has 1 saturated heterocycles. The lowest BCUT2D eigenvalue weighted by atomic mass is 10.1. The first-order valence-corrected chi connectivity index (χ1v) is 6.15. The first-order valence-electron chi connectivity index (χ1n) is 6.15. The number of nitrogens with one attached hydrogen (secondary N) is 1. The second-order valence-electron chi connectivity index (χ2n) is 4.88. The minimum absolute atomic E-state index is 0.0347. The number of rotatable bonds is 4. The molecule has 0 saturated carbocycles. The van der Waals surface area contributed by atoms with Gasteiger partial charge in [-0.25, -0.2) is 0 Å². The second kappa shape index (κ2) is 6.00. The predicted molar refractivity (Wildman–Crippen MR) is 66.5 cm³/mol. The van der Waals surface area contributed by atoms with Gasteiger partial charge in [-0.15, -0.1) is 0 Å². The van der Waals surface area contributed by atoms with Crippen molar-refractivity contribution in [2.45, 2.75) is 25.8 Å². The summed E-state index contributed by atoms with van der Waals surface area (Å²) in [5.41, 5.74) is 0. The highest BCUT2D eigenvalue weighted by Crippen LogP contribution is 2.20. The minimum Gasteiger partial charge on any atom is -0.347 e. The Morgan fingerprint density at radius 1 is 1.47 bits per heavy atom. The Morgan fingerprint density at radius 3 is 2.65 bits per heavy atom. The molecule has 2 unspecified atom stereocenters. The molecule has 1 aliphatic heterocycles. The minimum atomic E-state index is -0.253. The van der Waals surface area contributed by atoms with Gasteiger partial charge in [0.25, 0.3) is 0 Å². The van der Waals surface area contributed by atoms with E-state index in [-0.39, 0.29) is 23.8 Å². The van der Waals surface area contributed by atoms with Crippen LogP contribution in [0.2, 0.25) is 0 Å². The van der Waals surface area contributed by atoms with Gasteiger partial charge in [0.15, 0.2) is 0 Å². The number of likely N-dealkylation sites (tertiary alicyclic amines) is 1. The molecular formula is C12H23N3O2. The highest BCUT2D eigenvalue weighted by molar-refractivity contribution is 5.88. The number of carbonyl (C=O) groups is 2. The standard InChI is InChI=1S/C12H23N3O2/c1-9(8-13-2)11(16)15-7-5-6-10(15)12(17)14(3)4/h9-10,13H,5-8H2,1-4H3. The molecule has 17 heavy (non-hydrogen) atoms. The van der Waals surface area contributed by atoms with Crippen molar-refractivity contribution in [1.29, 1.82) is 0 Å². The molecule has 0 aliphatic carbocycles. The number of nitrogens with zero attached hydrogens (tertiary/aromatic N) is 2. The Balaban J connectivity index is 2.69. The molecule has 1 rings (SSSR count). The van der Waals surface area contributed by atoms with Crippen LogP contribution in [0.1, 0.15) is 19.8 Å². The summed E-state index contributed by atoms with van der Waals surface area (Å²) in [5, 5.41) is 3.00. The number of likely N-dealkylation sites (N-methyl/N-ethyl adjacent to an activating group) is 1. The van der Waals surface area contributed by atoms with Crippen LogP contribution in [0, 0.1) is 5.92 Å². The summed E-state index contributed by atoms with van der Waals surface area (Å²) in [4.78, 5) is 27.5. The molecule has 98 valence electrons. The van der Waals surface area contributed by atoms with Crippen LogP contribution >= 0.6 is 0 Å². The Kier molecular flexibility index (Phi) is 4.93. The summed E-state index contributed by atoms with van der Waals surface area (Å²) >= 11 is 0. The highest BCUT2D eigenvalue weighted by Gasteiger charge is 2.36. The van der Waals surface area contributed by atoms with Crippen molar-refractivity contribution < 1.29 is 9.59 Å². The third-order valence-electron chi connectivity index (χ3n) is 3.19. The van der Waals surface area contributed by atoms with Crippen molar-refractivity contribution in [3.05, 3.63) is 0 Å². The zero-order valence-corrected chi connectivity index (χ0v) is 11.2. The van der Waals surface area contributed by atoms with Gasteiger partial charge < -0.3 is 15.1 Å². The Bertz CT molecular complexity index is 291. The van der Waals surface area contributed by atoms with Crippen molar-refractivity contribution in [1.82, 2.24) is 15.1 Å². The SMILES string of the molecule is CNCC(C)C(=O)N1CCCC1C(=O)N(C)C. The van der Waals surface area contributed by atoms with Crippen LogP contribution in [-0.2, 0) is 9.59 Å². The lowest BCUT2D eigenvalue weighted by Gasteiger charge is -2.28. The molecule has 0 aromatic rings. The van der Waals surface area contributed by atoms with Crippen LogP contribution in [0.25, 0.3) is 0 Å². The lowest BCUT2D eigenvalue weighted by molar-refractivity contribution is -0.144. The predicted octanol–water partition coefficient (Wildman–Crippen LogP) is -0.0789. The lowest BCUT2D eigenvalue weighted by Crippen LogP contribution is -2.48. The van der Waals surface area contributed by atoms with Crippen LogP contribution in [0.3, 0.4) is 0 Å². The van der Waals surface area contributed by atoms with Crippen molar-refractivity contribution in [3.8, 4) is 0 Å². The fourth-order valence-electron chi connectivity index (χ4n) is 2.26. The number of carbonyl (C=O) groups excluding carboxylic acids is 2. The maximum Gasteiger partial charge on any atom is 0.244 e. The van der Waals surface area contributed by atoms with E-state index in [1.54, 1.807) is 23.9 Å². The van der Waals surface area contributed by atoms with Crippen LogP contribution < -0.4 is 5.32 Å². The van der Waals surface area contributed by atoms with E-state index in [4.69, 9.17) is 0 Å². The van der Waals surface area contributed by atoms with E-state index in [9.17, 15) is 9.59 Å². The molecule has 0 bridgehead atoms. The summed E-state index contributed by atoms with van der Waals surface area (Å²) in [7, 11) is 5.30. The van der Waals surface area contributed by atoms with Gasteiger partial charge in [-0.2, -0.15) is 0 Å². The largest absolute Gasteiger partial charge is 0.347 e. The van der Waals surface area contributed by atoms with Crippen LogP contribution in [0.5, 0.6) is 0 Å². The van der Waals surface area contributed by atoms with Crippen molar-refractivity contribution >= 4 is 11.8 Å². The molecule has 1 aliphatic rings. The summed E-state index contributed by atoms with van der Waals surface area (Å²) < 4.78 is 0. The zero-order valence-electron chi connectivity index (χ0n) is 11.2. The van der Waals surface area contributed by atoms with Gasteiger partial charge in [-0.1, -0.05) is 6.92 Å². The molecule has 5 nitrogen and oxygen atoms in total. The Labute approximate surface area is 103 Å². The molecule has 1 N–H and O–H groups in total. The van der Waals surface area contributed by atoms with Crippen molar-refractivity contribution in [2.75, 3.05) is 34.2 Å². The summed E-state index contributed by atoms with van der Waals surface area (Å²) in [6.07, 6.45) is 1.71. The molecule has 0 aromatic heterocycles. The highest BCUT2D eigenvalue weighted by atomic mass is 16.2. The third-order valence-corrected chi connectivity index (χ3v) is 3.19. The number of hydrogen-bond donors (Lipinski definition) is 1. The average molecular weight is 241 g/mol. The maximum absolute atomic E-state index is 12.2. The molecule has 1 heterocycles. The van der Waals surface area contributed by atoms with E-state index in [0.717, 1.165) is 12.8 Å². The Morgan fingerprint density at radius 2 is 2.12 bits per heavy atom. The molecular weight excluding hydrogens is 218 g/mol. The summed E-state index contributed by atoms with van der Waals surface area (Å²) in [5.74, 6) is 0.0418. The first kappa shape index (κ1) is 14.0. The van der Waals surface area contributed by atoms with Gasteiger partial charge in [0, 0.05) is 33.1 Å². The van der Waals surface area contributed by atoms with E-state index in [1.165, 1.54) is 0 Å². The van der Waals surface area contributed by atoms with E-state index in [0.29, 0.717) is 13.1 Å². The van der Waals surface area contributed by atoms with Gasteiger partial charge in [-0.05, 0) is 19.9 Å². The van der Waals surface area contributed by atoms with Gasteiger partial charge in [0.2, 0.25) is 11.8 Å². The average Bonchev–Trinajstić information content (AvgIpc) is 2.75. The fraction of sp³-hybridized carbons (Fsp3) is 0.833. The summed E-state index contributed by atoms with van der Waals surface area (Å²) in [6.45, 7) is 3.25. The molecule has 2 atom stereocenters. The van der Waals surface area contributed by atoms with E-state index < -0.39 is 0 Å². The van der Waals surface area contributed by atoms with Gasteiger partial charge in [0.1, 0.15) is 6.04 Å². The zero-order chi connectivity index (χ0) is 13.0. The van der Waals surface area contributed by atoms with Crippen molar-refractivity contribution in [3.63, 3.8) is 0 Å². The first-order chi connectivity index (χ1) is 7.99. The number of hydrogen-bond acceptors (Lipinski definition) is 3. The van der Waals surface area contributed by atoms with Crippen LogP contribution in [-0.4, -0.2) is 61.9 Å². The number of amides is 2. The van der Waals surface area contributed by atoms with Crippen molar-refractivity contribution in [2.24, 2.45) is 5.92 Å². The third kappa shape index (κ3) is 3.19. The smallest absolute Gasteiger partial charge is 0.244 e. The molecule has 1 fully saturated rings. The van der Waals surface area contributed by atoms with E-state index in [1.807, 2.05) is 14.0 Å². The molecule has 2 amide bonds. The second-order valence-corrected chi connectivity index (χ2v) is 4.88. The quantitative estimate of drug-likeness (QED) is 0.749. The fourth-order valence-corrected chi connectivity index (χ4v) is 2.26. The van der Waals surface area contributed by atoms with E-state index >= 15 is 0 Å². The maximum atomic E-state index is 12.2. The monoisotopic (exact) mass is 241 g/mol. The molecule has 5 heteroatoms. The topological polar surface area (TPSA) is 52.7 Å². The van der Waals surface area contributed by atoms with Gasteiger partial charge >= 0.3 is 0 Å². The molecule has 0 aromatic carbocycles. The normalized spacial score (nSPS) is 21.4. The van der Waals surface area contributed by atoms with Gasteiger partial charge in [0.05, 0.1) is 0 Å².